The molecule has 5 nitrogen and oxygen atoms in total. The minimum absolute atomic E-state index is 0.0667. The molecule has 18 heavy (non-hydrogen) atoms. The molecule has 0 aromatic rings. The van der Waals surface area contributed by atoms with Crippen LogP contribution in [0.3, 0.4) is 0 Å². The second-order valence-electron chi connectivity index (χ2n) is 4.90. The second-order valence-corrected chi connectivity index (χ2v) is 4.90. The van der Waals surface area contributed by atoms with Crippen molar-refractivity contribution >= 4 is 5.91 Å². The summed E-state index contributed by atoms with van der Waals surface area (Å²) in [5.41, 5.74) is 0. The van der Waals surface area contributed by atoms with E-state index in [-0.39, 0.29) is 18.6 Å². The molecule has 2 unspecified atom stereocenters. The average molecular weight is 258 g/mol. The number of aliphatic hydroxyl groups excluding tert-OH is 1. The summed E-state index contributed by atoms with van der Waals surface area (Å²) < 4.78 is 5.31. The van der Waals surface area contributed by atoms with E-state index < -0.39 is 0 Å². The minimum Gasteiger partial charge on any atom is -0.396 e. The van der Waals surface area contributed by atoms with Gasteiger partial charge in [0.15, 0.2) is 0 Å². The summed E-state index contributed by atoms with van der Waals surface area (Å²) in [5, 5.41) is 15.2. The quantitative estimate of drug-likeness (QED) is 0.585. The number of rotatable bonds is 8. The topological polar surface area (TPSA) is 70.6 Å². The predicted octanol–water partition coefficient (Wildman–Crippen LogP) is 0.280. The normalized spacial score (nSPS) is 21.6. The summed E-state index contributed by atoms with van der Waals surface area (Å²) in [6.45, 7) is 5.14. The number of aliphatic hydroxyl groups is 1. The maximum atomic E-state index is 11.8. The van der Waals surface area contributed by atoms with Gasteiger partial charge >= 0.3 is 0 Å². The van der Waals surface area contributed by atoms with Crippen molar-refractivity contribution in [3.8, 4) is 0 Å². The summed E-state index contributed by atoms with van der Waals surface area (Å²) in [6.07, 6.45) is 3.36. The smallest absolute Gasteiger partial charge is 0.221 e. The van der Waals surface area contributed by atoms with Gasteiger partial charge in [-0.15, -0.1) is 0 Å². The number of carbonyl (C=O) groups is 1. The molecular weight excluding hydrogens is 232 g/mol. The van der Waals surface area contributed by atoms with Crippen molar-refractivity contribution in [1.29, 1.82) is 0 Å². The van der Waals surface area contributed by atoms with Crippen LogP contribution in [0.4, 0.5) is 0 Å². The minimum atomic E-state index is 0.0667. The molecule has 0 aliphatic carbocycles. The fourth-order valence-electron chi connectivity index (χ4n) is 2.24. The molecule has 1 amide bonds. The van der Waals surface area contributed by atoms with Crippen molar-refractivity contribution in [2.45, 2.75) is 38.6 Å². The molecular formula is C13H26N2O3. The molecule has 0 aromatic heterocycles. The molecule has 1 heterocycles. The van der Waals surface area contributed by atoms with Crippen LogP contribution in [0.2, 0.25) is 0 Å². The molecule has 1 saturated heterocycles. The van der Waals surface area contributed by atoms with Crippen LogP contribution in [-0.2, 0) is 9.53 Å². The fourth-order valence-corrected chi connectivity index (χ4v) is 2.24. The fraction of sp³-hybridized carbons (Fsp3) is 0.923. The third-order valence-corrected chi connectivity index (χ3v) is 3.25. The molecule has 3 N–H and O–H groups in total. The Morgan fingerprint density at radius 3 is 3.00 bits per heavy atom. The highest BCUT2D eigenvalue weighted by Gasteiger charge is 2.17. The van der Waals surface area contributed by atoms with Gasteiger partial charge in [0, 0.05) is 32.2 Å². The molecule has 106 valence electrons. The lowest BCUT2D eigenvalue weighted by Gasteiger charge is -2.23. The van der Waals surface area contributed by atoms with Crippen molar-refractivity contribution in [2.24, 2.45) is 5.92 Å². The number of hydrogen-bond acceptors (Lipinski definition) is 4. The van der Waals surface area contributed by atoms with Crippen LogP contribution in [0.15, 0.2) is 0 Å². The molecule has 5 heteroatoms. The Hall–Kier alpha value is -0.650. The predicted molar refractivity (Wildman–Crippen MR) is 70.3 cm³/mol. The molecule has 1 rings (SSSR count). The highest BCUT2D eigenvalue weighted by molar-refractivity contribution is 5.76. The number of nitrogens with one attached hydrogen (secondary N) is 2. The Morgan fingerprint density at radius 1 is 1.56 bits per heavy atom. The van der Waals surface area contributed by atoms with Gasteiger partial charge in [0.1, 0.15) is 0 Å². The molecule has 0 spiro atoms. The van der Waals surface area contributed by atoms with E-state index in [9.17, 15) is 4.79 Å². The summed E-state index contributed by atoms with van der Waals surface area (Å²) in [4.78, 5) is 11.8. The van der Waals surface area contributed by atoms with Crippen LogP contribution in [-0.4, -0.2) is 50.0 Å². The van der Waals surface area contributed by atoms with E-state index in [1.165, 1.54) is 0 Å². The third-order valence-electron chi connectivity index (χ3n) is 3.25. The van der Waals surface area contributed by atoms with Crippen LogP contribution >= 0.6 is 0 Å². The Kier molecular flexibility index (Phi) is 7.96. The van der Waals surface area contributed by atoms with E-state index in [1.807, 2.05) is 0 Å². The van der Waals surface area contributed by atoms with Crippen molar-refractivity contribution in [3.05, 3.63) is 0 Å². The largest absolute Gasteiger partial charge is 0.396 e. The van der Waals surface area contributed by atoms with Crippen molar-refractivity contribution in [2.75, 3.05) is 32.9 Å². The highest BCUT2D eigenvalue weighted by atomic mass is 16.5. The van der Waals surface area contributed by atoms with Gasteiger partial charge in [-0.2, -0.15) is 0 Å². The molecule has 2 atom stereocenters. The van der Waals surface area contributed by atoms with E-state index in [4.69, 9.17) is 9.84 Å². The van der Waals surface area contributed by atoms with Crippen molar-refractivity contribution < 1.29 is 14.6 Å². The molecule has 1 fully saturated rings. The van der Waals surface area contributed by atoms with E-state index in [2.05, 4.69) is 17.6 Å². The number of ether oxygens (including phenoxy) is 1. The number of hydrogen-bond donors (Lipinski definition) is 3. The monoisotopic (exact) mass is 258 g/mol. The van der Waals surface area contributed by atoms with Gasteiger partial charge in [-0.3, -0.25) is 4.79 Å². The van der Waals surface area contributed by atoms with Gasteiger partial charge in [0.05, 0.1) is 13.2 Å². The average Bonchev–Trinajstić information content (AvgIpc) is 2.38. The zero-order valence-electron chi connectivity index (χ0n) is 11.3. The maximum absolute atomic E-state index is 11.8. The van der Waals surface area contributed by atoms with Crippen LogP contribution in [0.5, 0.6) is 0 Å². The SMILES string of the molecule is CCCC(CCO)CNC(=O)CC1COCCN1. The standard InChI is InChI=1S/C13H26N2O3/c1-2-3-11(4-6-16)9-15-13(17)8-12-10-18-7-5-14-12/h11-12,14,16H,2-10H2,1H3,(H,15,17). The van der Waals surface area contributed by atoms with Gasteiger partial charge in [-0.25, -0.2) is 0 Å². The van der Waals surface area contributed by atoms with E-state index in [0.717, 1.165) is 32.4 Å². The van der Waals surface area contributed by atoms with Crippen molar-refractivity contribution in [1.82, 2.24) is 10.6 Å². The summed E-state index contributed by atoms with van der Waals surface area (Å²) in [6, 6.07) is 0.140. The van der Waals surface area contributed by atoms with E-state index in [0.29, 0.717) is 25.5 Å². The first-order valence-corrected chi connectivity index (χ1v) is 6.95. The summed E-state index contributed by atoms with van der Waals surface area (Å²) in [5.74, 6) is 0.455. The van der Waals surface area contributed by atoms with Crippen LogP contribution in [0.25, 0.3) is 0 Å². The molecule has 1 aliphatic heterocycles. The molecule has 0 aromatic carbocycles. The molecule has 1 aliphatic rings. The third kappa shape index (κ3) is 6.33. The lowest BCUT2D eigenvalue weighted by molar-refractivity contribution is -0.122. The molecule has 0 radical (unpaired) electrons. The first-order chi connectivity index (χ1) is 8.76. The zero-order chi connectivity index (χ0) is 13.2. The zero-order valence-corrected chi connectivity index (χ0v) is 11.3. The first kappa shape index (κ1) is 15.4. The Balaban J connectivity index is 2.17. The maximum Gasteiger partial charge on any atom is 0.221 e. The van der Waals surface area contributed by atoms with Crippen LogP contribution < -0.4 is 10.6 Å². The van der Waals surface area contributed by atoms with E-state index in [1.54, 1.807) is 0 Å². The second kappa shape index (κ2) is 9.30. The van der Waals surface area contributed by atoms with Crippen LogP contribution in [0.1, 0.15) is 32.6 Å². The molecule has 0 bridgehead atoms. The van der Waals surface area contributed by atoms with Crippen molar-refractivity contribution in [3.63, 3.8) is 0 Å². The number of morpholine rings is 1. The Labute approximate surface area is 109 Å². The van der Waals surface area contributed by atoms with Gasteiger partial charge in [-0.1, -0.05) is 13.3 Å². The van der Waals surface area contributed by atoms with Gasteiger partial charge < -0.3 is 20.5 Å². The molecule has 0 saturated carbocycles. The lowest BCUT2D eigenvalue weighted by Crippen LogP contribution is -2.44. The lowest BCUT2D eigenvalue weighted by atomic mass is 10.00. The summed E-state index contributed by atoms with van der Waals surface area (Å²) in [7, 11) is 0. The summed E-state index contributed by atoms with van der Waals surface area (Å²) >= 11 is 0. The number of amides is 1. The Bertz CT molecular complexity index is 224. The van der Waals surface area contributed by atoms with Crippen LogP contribution in [0, 0.1) is 5.92 Å². The highest BCUT2D eigenvalue weighted by Crippen LogP contribution is 2.09. The Morgan fingerprint density at radius 2 is 2.39 bits per heavy atom. The number of carbonyl (C=O) groups excluding carboxylic acids is 1. The van der Waals surface area contributed by atoms with Gasteiger partial charge in [0.25, 0.3) is 0 Å². The first-order valence-electron chi connectivity index (χ1n) is 6.95. The van der Waals surface area contributed by atoms with Gasteiger partial charge in [-0.05, 0) is 18.8 Å². The van der Waals surface area contributed by atoms with Gasteiger partial charge in [0.2, 0.25) is 5.91 Å². The van der Waals surface area contributed by atoms with E-state index >= 15 is 0 Å².